The van der Waals surface area contributed by atoms with Crippen LogP contribution < -0.4 is 5.56 Å². The molecule has 0 unspecified atom stereocenters. The molecule has 0 aliphatic heterocycles. The summed E-state index contributed by atoms with van der Waals surface area (Å²) in [7, 11) is 0. The lowest BCUT2D eigenvalue weighted by atomic mass is 10.3. The third-order valence-electron chi connectivity index (χ3n) is 2.63. The van der Waals surface area contributed by atoms with Crippen LogP contribution in [0.4, 0.5) is 26.3 Å². The minimum absolute atomic E-state index is 0.184. The first kappa shape index (κ1) is 24.6. The molecule has 0 fully saturated rings. The number of hydrogen-bond donors (Lipinski definition) is 1. The van der Waals surface area contributed by atoms with Gasteiger partial charge in [-0.05, 0) is 28.9 Å². The number of rotatable bonds is 2. The average molecular weight is 512 g/mol. The van der Waals surface area contributed by atoms with E-state index >= 15 is 0 Å². The van der Waals surface area contributed by atoms with Crippen LogP contribution in [0.25, 0.3) is 10.2 Å². The predicted octanol–water partition coefficient (Wildman–Crippen LogP) is 3.71. The van der Waals surface area contributed by atoms with Crippen molar-refractivity contribution >= 4 is 55.4 Å². The highest BCUT2D eigenvalue weighted by Crippen LogP contribution is 2.34. The van der Waals surface area contributed by atoms with Crippen LogP contribution in [-0.4, -0.2) is 41.9 Å². The molecule has 2 aromatic heterocycles. The molecule has 0 radical (unpaired) electrons. The Morgan fingerprint density at radius 1 is 1.07 bits per heavy atom. The molecular weight excluding hydrogens is 504 g/mol. The van der Waals surface area contributed by atoms with Gasteiger partial charge in [0, 0.05) is 11.5 Å². The molecule has 160 valence electrons. The Morgan fingerprint density at radius 2 is 1.59 bits per heavy atom. The molecule has 2 aromatic rings. The van der Waals surface area contributed by atoms with Gasteiger partial charge < -0.3 is 14.5 Å². The summed E-state index contributed by atoms with van der Waals surface area (Å²) in [6, 6.07) is 3.10. The summed E-state index contributed by atoms with van der Waals surface area (Å²) in [5.74, 6) is -6.78. The van der Waals surface area contributed by atoms with Crippen LogP contribution >= 0.6 is 27.3 Å². The summed E-state index contributed by atoms with van der Waals surface area (Å²) in [5.41, 5.74) is -0.184. The lowest BCUT2D eigenvalue weighted by molar-refractivity contribution is -0.221. The van der Waals surface area contributed by atoms with Gasteiger partial charge in [0.1, 0.15) is 9.71 Å². The van der Waals surface area contributed by atoms with Crippen LogP contribution in [0.3, 0.4) is 0 Å². The van der Waals surface area contributed by atoms with Crippen LogP contribution in [-0.2, 0) is 19.1 Å². The van der Waals surface area contributed by atoms with Crippen LogP contribution in [0.1, 0.15) is 16.6 Å². The van der Waals surface area contributed by atoms with Crippen molar-refractivity contribution in [2.45, 2.75) is 19.3 Å². The molecule has 0 spiro atoms. The Kier molecular flexibility index (Phi) is 7.97. The number of aromatic amines is 1. The smallest absolute Gasteiger partial charge is 0.462 e. The van der Waals surface area contributed by atoms with Crippen LogP contribution in [0, 0.1) is 0 Å². The lowest BCUT2D eigenvalue weighted by Crippen LogP contribution is -2.34. The number of esters is 3. The van der Waals surface area contributed by atoms with Gasteiger partial charge in [-0.1, -0.05) is 0 Å². The zero-order valence-corrected chi connectivity index (χ0v) is 16.3. The summed E-state index contributed by atoms with van der Waals surface area (Å²) in [5, 5.41) is 0.813. The molecule has 0 bridgehead atoms. The van der Waals surface area contributed by atoms with E-state index in [0.29, 0.717) is 20.8 Å². The molecule has 0 aromatic carbocycles. The molecule has 0 saturated heterocycles. The molecule has 2 heterocycles. The number of H-pyrrole nitrogens is 1. The highest BCUT2D eigenvalue weighted by atomic mass is 79.9. The van der Waals surface area contributed by atoms with Gasteiger partial charge in [0.05, 0.1) is 11.1 Å². The number of ether oxygens (including phenoxy) is 2. The highest BCUT2D eigenvalue weighted by Gasteiger charge is 2.49. The fourth-order valence-electron chi connectivity index (χ4n) is 1.51. The van der Waals surface area contributed by atoms with Crippen molar-refractivity contribution < 1.29 is 50.2 Å². The molecule has 1 N–H and O–H groups in total. The summed E-state index contributed by atoms with van der Waals surface area (Å²) < 4.78 is 75.3. The SMILES string of the molecule is CCOC(=O)c1sc2[nH]c(=O)ccc2c1Br.O=C(OC(=O)C(F)(F)F)C(F)(F)F. The molecule has 0 saturated carbocycles. The molecule has 0 atom stereocenters. The third-order valence-corrected chi connectivity index (χ3v) is 4.82. The van der Waals surface area contributed by atoms with Crippen molar-refractivity contribution in [2.75, 3.05) is 6.61 Å². The number of carbonyl (C=O) groups excluding carboxylic acids is 3. The molecule has 2 rings (SSSR count). The van der Waals surface area contributed by atoms with Gasteiger partial charge in [-0.3, -0.25) is 4.79 Å². The molecule has 29 heavy (non-hydrogen) atoms. The summed E-state index contributed by atoms with van der Waals surface area (Å²) >= 11 is 4.54. The number of alkyl halides is 6. The first-order valence-electron chi connectivity index (χ1n) is 7.07. The van der Waals surface area contributed by atoms with Crippen molar-refractivity contribution in [1.82, 2.24) is 4.98 Å². The molecule has 0 aliphatic rings. The van der Waals surface area contributed by atoms with Crippen molar-refractivity contribution in [3.63, 3.8) is 0 Å². The average Bonchev–Trinajstić information content (AvgIpc) is 2.90. The lowest BCUT2D eigenvalue weighted by Gasteiger charge is -2.06. The second-order valence-corrected chi connectivity index (χ2v) is 6.52. The van der Waals surface area contributed by atoms with Gasteiger partial charge in [0.15, 0.2) is 0 Å². The Balaban J connectivity index is 0.000000298. The maximum Gasteiger partial charge on any atom is 0.491 e. The van der Waals surface area contributed by atoms with E-state index in [1.807, 2.05) is 0 Å². The second-order valence-electron chi connectivity index (χ2n) is 4.70. The van der Waals surface area contributed by atoms with E-state index in [0.717, 1.165) is 5.39 Å². The fraction of sp³-hybridized carbons (Fsp3) is 0.286. The molecule has 0 aliphatic carbocycles. The fourth-order valence-corrected chi connectivity index (χ4v) is 3.35. The number of thiophene rings is 1. The molecule has 7 nitrogen and oxygen atoms in total. The van der Waals surface area contributed by atoms with E-state index in [1.54, 1.807) is 13.0 Å². The summed E-state index contributed by atoms with van der Waals surface area (Å²) in [6.07, 6.45) is -11.2. The zero-order valence-electron chi connectivity index (χ0n) is 13.9. The molecule has 0 amide bonds. The number of nitrogens with one attached hydrogen (secondary N) is 1. The first-order valence-corrected chi connectivity index (χ1v) is 8.68. The number of aromatic nitrogens is 1. The molecular formula is C14H8BrF6NO6S. The normalized spacial score (nSPS) is 11.4. The monoisotopic (exact) mass is 511 g/mol. The summed E-state index contributed by atoms with van der Waals surface area (Å²) in [6.45, 7) is 2.08. The van der Waals surface area contributed by atoms with E-state index in [1.165, 1.54) is 17.4 Å². The van der Waals surface area contributed by atoms with Gasteiger partial charge >= 0.3 is 30.3 Å². The van der Waals surface area contributed by atoms with Crippen molar-refractivity contribution in [3.05, 3.63) is 31.8 Å². The Hall–Kier alpha value is -2.42. The minimum atomic E-state index is -5.62. The number of hydrogen-bond acceptors (Lipinski definition) is 7. The predicted molar refractivity (Wildman–Crippen MR) is 89.3 cm³/mol. The second kappa shape index (κ2) is 9.39. The molecule has 15 heteroatoms. The first-order chi connectivity index (χ1) is 13.2. The number of carbonyl (C=O) groups is 3. The quantitative estimate of drug-likeness (QED) is 0.374. The van der Waals surface area contributed by atoms with E-state index in [2.05, 4.69) is 25.7 Å². The van der Waals surface area contributed by atoms with Gasteiger partial charge in [-0.2, -0.15) is 26.3 Å². The van der Waals surface area contributed by atoms with Crippen molar-refractivity contribution in [2.24, 2.45) is 0 Å². The van der Waals surface area contributed by atoms with Crippen LogP contribution in [0.2, 0.25) is 0 Å². The van der Waals surface area contributed by atoms with Crippen molar-refractivity contribution in [1.29, 1.82) is 0 Å². The Labute approximate surface area is 168 Å². The minimum Gasteiger partial charge on any atom is -0.462 e. The van der Waals surface area contributed by atoms with Gasteiger partial charge in [-0.25, -0.2) is 14.4 Å². The largest absolute Gasteiger partial charge is 0.491 e. The van der Waals surface area contributed by atoms with Gasteiger partial charge in [-0.15, -0.1) is 11.3 Å². The van der Waals surface area contributed by atoms with Gasteiger partial charge in [0.2, 0.25) is 5.56 Å². The third kappa shape index (κ3) is 6.85. The highest BCUT2D eigenvalue weighted by molar-refractivity contribution is 9.10. The van der Waals surface area contributed by atoms with E-state index < -0.39 is 24.3 Å². The topological polar surface area (TPSA) is 103 Å². The van der Waals surface area contributed by atoms with Crippen molar-refractivity contribution in [3.8, 4) is 0 Å². The maximum atomic E-state index is 11.6. The Morgan fingerprint density at radius 3 is 2.03 bits per heavy atom. The number of fused-ring (bicyclic) bond motifs is 1. The number of pyridine rings is 1. The van der Waals surface area contributed by atoms with E-state index in [-0.39, 0.29) is 11.5 Å². The summed E-state index contributed by atoms with van der Waals surface area (Å²) in [4.78, 5) is 45.8. The van der Waals surface area contributed by atoms with Crippen LogP contribution in [0.15, 0.2) is 21.4 Å². The standard InChI is InChI=1S/C10H8BrNO3S.C4F6O3/c1-2-15-10(14)8-7(11)5-3-4-6(13)12-9(5)16-8;5-3(6,7)1(11)13-2(12)4(8,9)10/h3-4H,2H2,1H3,(H,12,13);. The number of halogens is 7. The zero-order chi connectivity index (χ0) is 22.6. The van der Waals surface area contributed by atoms with E-state index in [9.17, 15) is 45.5 Å². The Bertz CT molecular complexity index is 956. The van der Waals surface area contributed by atoms with Crippen LogP contribution in [0.5, 0.6) is 0 Å². The maximum absolute atomic E-state index is 11.6. The van der Waals surface area contributed by atoms with E-state index in [4.69, 9.17) is 4.74 Å². The van der Waals surface area contributed by atoms with Gasteiger partial charge in [0.25, 0.3) is 0 Å².